The number of carboxylic acids is 1. The number of hydrogen-bond acceptors (Lipinski definition) is 5. The van der Waals surface area contributed by atoms with E-state index in [0.717, 1.165) is 6.42 Å². The lowest BCUT2D eigenvalue weighted by molar-refractivity contribution is -0.144. The number of carboxylic acid groups (broad SMARTS) is 1. The number of amides is 1. The Balaban J connectivity index is 0.00000392. The predicted octanol–water partition coefficient (Wildman–Crippen LogP) is 1.87. The summed E-state index contributed by atoms with van der Waals surface area (Å²) in [7, 11) is -3.60. The van der Waals surface area contributed by atoms with Crippen LogP contribution in [0.3, 0.4) is 0 Å². The second-order valence-corrected chi connectivity index (χ2v) is 8.52. The van der Waals surface area contributed by atoms with Gasteiger partial charge in [-0.2, -0.15) is 4.31 Å². The summed E-state index contributed by atoms with van der Waals surface area (Å²) in [6.07, 6.45) is 1.36. The van der Waals surface area contributed by atoms with Crippen molar-refractivity contribution in [2.45, 2.75) is 31.6 Å². The fourth-order valence-corrected chi connectivity index (χ4v) is 4.76. The molecule has 1 aromatic rings. The molecule has 1 aromatic carbocycles. The fourth-order valence-electron chi connectivity index (χ4n) is 3.25. The van der Waals surface area contributed by atoms with Crippen molar-refractivity contribution in [1.82, 2.24) is 9.21 Å². The first-order valence-electron chi connectivity index (χ1n) is 9.13. The van der Waals surface area contributed by atoms with Gasteiger partial charge in [0.25, 0.3) is 0 Å². The van der Waals surface area contributed by atoms with Crippen LogP contribution in [0.1, 0.15) is 26.7 Å². The molecular weight excluding hydrogens is 406 g/mol. The van der Waals surface area contributed by atoms with E-state index in [1.54, 1.807) is 26.0 Å². The lowest BCUT2D eigenvalue weighted by Crippen LogP contribution is -2.42. The number of hydrogen-bond donors (Lipinski definition) is 2. The SMILES string of the molecule is CCN(CC)S(=O)(=O)c1cccc(NC(=O)CN2CCCC(C(=O)O)C2)c1.Cl. The van der Waals surface area contributed by atoms with E-state index < -0.39 is 21.9 Å². The number of piperidine rings is 1. The van der Waals surface area contributed by atoms with Gasteiger partial charge in [-0.25, -0.2) is 8.42 Å². The molecule has 0 radical (unpaired) electrons. The van der Waals surface area contributed by atoms with Gasteiger partial charge < -0.3 is 10.4 Å². The van der Waals surface area contributed by atoms with Crippen molar-refractivity contribution in [2.75, 3.05) is 38.0 Å². The van der Waals surface area contributed by atoms with Crippen LogP contribution in [0.25, 0.3) is 0 Å². The lowest BCUT2D eigenvalue weighted by atomic mass is 9.98. The second kappa shape index (κ2) is 10.8. The minimum Gasteiger partial charge on any atom is -0.481 e. The van der Waals surface area contributed by atoms with E-state index in [-0.39, 0.29) is 29.8 Å². The topological polar surface area (TPSA) is 107 Å². The van der Waals surface area contributed by atoms with Gasteiger partial charge in [-0.3, -0.25) is 14.5 Å². The van der Waals surface area contributed by atoms with Gasteiger partial charge >= 0.3 is 5.97 Å². The summed E-state index contributed by atoms with van der Waals surface area (Å²) in [6.45, 7) is 5.39. The molecule has 10 heteroatoms. The molecular formula is C18H28ClN3O5S. The molecule has 8 nitrogen and oxygen atoms in total. The molecule has 28 heavy (non-hydrogen) atoms. The molecule has 1 aliphatic heterocycles. The molecule has 158 valence electrons. The summed E-state index contributed by atoms with van der Waals surface area (Å²) < 4.78 is 26.6. The van der Waals surface area contributed by atoms with Crippen molar-refractivity contribution in [1.29, 1.82) is 0 Å². The van der Waals surface area contributed by atoms with Gasteiger partial charge in [0.05, 0.1) is 17.4 Å². The van der Waals surface area contributed by atoms with E-state index in [2.05, 4.69) is 5.32 Å². The Morgan fingerprint density at radius 1 is 1.29 bits per heavy atom. The Bertz CT molecular complexity index is 783. The van der Waals surface area contributed by atoms with Crippen molar-refractivity contribution in [2.24, 2.45) is 5.92 Å². The molecule has 1 aliphatic rings. The maximum absolute atomic E-state index is 12.6. The Hall–Kier alpha value is -1.68. The predicted molar refractivity (Wildman–Crippen MR) is 109 cm³/mol. The highest BCUT2D eigenvalue weighted by molar-refractivity contribution is 7.89. The fraction of sp³-hybridized carbons (Fsp3) is 0.556. The number of carbonyl (C=O) groups is 2. The normalized spacial score (nSPS) is 17.8. The van der Waals surface area contributed by atoms with Gasteiger partial charge in [0.2, 0.25) is 15.9 Å². The lowest BCUT2D eigenvalue weighted by Gasteiger charge is -2.29. The van der Waals surface area contributed by atoms with Crippen molar-refractivity contribution in [3.63, 3.8) is 0 Å². The van der Waals surface area contributed by atoms with Crippen LogP contribution in [-0.4, -0.2) is 67.3 Å². The number of rotatable bonds is 8. The Morgan fingerprint density at radius 2 is 1.96 bits per heavy atom. The molecule has 2 rings (SSSR count). The van der Waals surface area contributed by atoms with E-state index in [4.69, 9.17) is 5.11 Å². The molecule has 0 aliphatic carbocycles. The van der Waals surface area contributed by atoms with Crippen molar-refractivity contribution in [3.05, 3.63) is 24.3 Å². The molecule has 0 spiro atoms. The largest absolute Gasteiger partial charge is 0.481 e. The molecule has 1 atom stereocenters. The van der Waals surface area contributed by atoms with Gasteiger partial charge in [-0.1, -0.05) is 19.9 Å². The molecule has 0 aromatic heterocycles. The molecule has 1 saturated heterocycles. The third-order valence-corrected chi connectivity index (χ3v) is 6.73. The smallest absolute Gasteiger partial charge is 0.307 e. The number of nitrogens with zero attached hydrogens (tertiary/aromatic N) is 2. The highest BCUT2D eigenvalue weighted by Crippen LogP contribution is 2.20. The van der Waals surface area contributed by atoms with Gasteiger partial charge in [0, 0.05) is 25.3 Å². The third kappa shape index (κ3) is 6.16. The maximum atomic E-state index is 12.6. The van der Waals surface area contributed by atoms with Gasteiger partial charge in [-0.15, -0.1) is 12.4 Å². The van der Waals surface area contributed by atoms with Crippen molar-refractivity contribution in [3.8, 4) is 0 Å². The summed E-state index contributed by atoms with van der Waals surface area (Å²) in [4.78, 5) is 25.4. The summed E-state index contributed by atoms with van der Waals surface area (Å²) >= 11 is 0. The summed E-state index contributed by atoms with van der Waals surface area (Å²) in [5.74, 6) is -1.58. The highest BCUT2D eigenvalue weighted by Gasteiger charge is 2.26. The Kier molecular flexibility index (Phi) is 9.35. The van der Waals surface area contributed by atoms with Crippen LogP contribution < -0.4 is 5.32 Å². The van der Waals surface area contributed by atoms with E-state index in [1.807, 2.05) is 4.90 Å². The first-order valence-corrected chi connectivity index (χ1v) is 10.6. The summed E-state index contributed by atoms with van der Waals surface area (Å²) in [6, 6.07) is 6.18. The van der Waals surface area contributed by atoms with Crippen LogP contribution in [0.2, 0.25) is 0 Å². The Morgan fingerprint density at radius 3 is 2.57 bits per heavy atom. The van der Waals surface area contributed by atoms with Crippen molar-refractivity contribution < 1.29 is 23.1 Å². The van der Waals surface area contributed by atoms with Crippen LogP contribution in [0.15, 0.2) is 29.2 Å². The number of nitrogens with one attached hydrogen (secondary N) is 1. The van der Waals surface area contributed by atoms with Crippen molar-refractivity contribution >= 4 is 40.0 Å². The van der Waals surface area contributed by atoms with Crippen LogP contribution >= 0.6 is 12.4 Å². The number of likely N-dealkylation sites (tertiary alicyclic amines) is 1. The maximum Gasteiger partial charge on any atom is 0.307 e. The molecule has 1 amide bonds. The first kappa shape index (κ1) is 24.4. The van der Waals surface area contributed by atoms with Crippen LogP contribution in [-0.2, 0) is 19.6 Å². The average Bonchev–Trinajstić information content (AvgIpc) is 2.62. The second-order valence-electron chi connectivity index (χ2n) is 6.58. The molecule has 0 bridgehead atoms. The zero-order valence-electron chi connectivity index (χ0n) is 16.1. The third-order valence-electron chi connectivity index (χ3n) is 4.68. The van der Waals surface area contributed by atoms with Crippen LogP contribution in [0.4, 0.5) is 5.69 Å². The minimum atomic E-state index is -3.60. The van der Waals surface area contributed by atoms with Crippen LogP contribution in [0, 0.1) is 5.92 Å². The molecule has 1 fully saturated rings. The summed E-state index contributed by atoms with van der Waals surface area (Å²) in [5.41, 5.74) is 0.403. The number of anilines is 1. The minimum absolute atomic E-state index is 0. The number of sulfonamides is 1. The number of carbonyl (C=O) groups excluding carboxylic acids is 1. The van der Waals surface area contributed by atoms with Gasteiger partial charge in [0.15, 0.2) is 0 Å². The Labute approximate surface area is 172 Å². The molecule has 1 heterocycles. The van der Waals surface area contributed by atoms with E-state index in [1.165, 1.54) is 16.4 Å². The monoisotopic (exact) mass is 433 g/mol. The van der Waals surface area contributed by atoms with Crippen LogP contribution in [0.5, 0.6) is 0 Å². The number of benzene rings is 1. The average molecular weight is 434 g/mol. The quantitative estimate of drug-likeness (QED) is 0.648. The highest BCUT2D eigenvalue weighted by atomic mass is 35.5. The van der Waals surface area contributed by atoms with E-state index in [9.17, 15) is 18.0 Å². The zero-order valence-corrected chi connectivity index (χ0v) is 17.8. The standard InChI is InChI=1S/C18H27N3O5S.ClH/c1-3-21(4-2)27(25,26)16-9-5-8-15(11-16)19-17(22)13-20-10-6-7-14(12-20)18(23)24;/h5,8-9,11,14H,3-4,6-7,10,12-13H2,1-2H3,(H,19,22)(H,23,24);1H. The first-order chi connectivity index (χ1) is 12.8. The van der Waals surface area contributed by atoms with Gasteiger partial charge in [0.1, 0.15) is 0 Å². The zero-order chi connectivity index (χ0) is 20.0. The van der Waals surface area contributed by atoms with Gasteiger partial charge in [-0.05, 0) is 37.6 Å². The van der Waals surface area contributed by atoms with E-state index >= 15 is 0 Å². The number of halogens is 1. The summed E-state index contributed by atoms with van der Waals surface area (Å²) in [5, 5.41) is 11.8. The molecule has 1 unspecified atom stereocenters. The molecule has 2 N–H and O–H groups in total. The molecule has 0 saturated carbocycles. The van der Waals surface area contributed by atoms with E-state index in [0.29, 0.717) is 38.3 Å². The number of aliphatic carboxylic acids is 1.